The number of primary sulfonamides is 1. The van der Waals surface area contributed by atoms with Crippen LogP contribution in [0, 0.1) is 11.8 Å². The summed E-state index contributed by atoms with van der Waals surface area (Å²) in [7, 11) is -3.62. The summed E-state index contributed by atoms with van der Waals surface area (Å²) in [5.74, 6) is 1.65. The molecule has 1 aromatic rings. The van der Waals surface area contributed by atoms with E-state index >= 15 is 0 Å². The average Bonchev–Trinajstić information content (AvgIpc) is 3.28. The van der Waals surface area contributed by atoms with Crippen LogP contribution in [0.2, 0.25) is 0 Å². The second-order valence-corrected chi connectivity index (χ2v) is 7.77. The molecule has 0 saturated heterocycles. The van der Waals surface area contributed by atoms with Gasteiger partial charge in [0, 0.05) is 12.1 Å². The van der Waals surface area contributed by atoms with Crippen LogP contribution in [0.1, 0.15) is 44.2 Å². The van der Waals surface area contributed by atoms with Crippen LogP contribution in [0.3, 0.4) is 0 Å². The van der Waals surface area contributed by atoms with Gasteiger partial charge in [0.2, 0.25) is 10.0 Å². The Balaban J connectivity index is 1.74. The first-order chi connectivity index (χ1) is 9.45. The molecule has 0 bridgehead atoms. The van der Waals surface area contributed by atoms with E-state index in [1.165, 1.54) is 25.7 Å². The maximum Gasteiger partial charge on any atom is 0.238 e. The third kappa shape index (κ3) is 3.22. The molecule has 0 spiro atoms. The molecule has 2 aliphatic carbocycles. The van der Waals surface area contributed by atoms with Crippen molar-refractivity contribution in [1.82, 2.24) is 5.32 Å². The molecule has 0 aliphatic heterocycles. The molecule has 0 aromatic heterocycles. The normalized spacial score (nSPS) is 21.1. The first-order valence-electron chi connectivity index (χ1n) is 7.34. The molecule has 1 aromatic carbocycles. The third-order valence-corrected chi connectivity index (χ3v) is 5.30. The summed E-state index contributed by atoms with van der Waals surface area (Å²) in [6.07, 6.45) is 5.33. The van der Waals surface area contributed by atoms with E-state index in [0.29, 0.717) is 6.04 Å². The predicted octanol–water partition coefficient (Wildman–Crippen LogP) is 2.17. The van der Waals surface area contributed by atoms with Crippen LogP contribution in [-0.2, 0) is 10.0 Å². The minimum absolute atomic E-state index is 0.155. The molecule has 2 aliphatic rings. The van der Waals surface area contributed by atoms with E-state index in [1.54, 1.807) is 18.2 Å². The van der Waals surface area contributed by atoms with Gasteiger partial charge in [0.1, 0.15) is 0 Å². The summed E-state index contributed by atoms with van der Waals surface area (Å²) in [6.45, 7) is 2.10. The molecule has 0 amide bonds. The first kappa shape index (κ1) is 14.0. The summed E-state index contributed by atoms with van der Waals surface area (Å²) in [6, 6.07) is 7.71. The summed E-state index contributed by atoms with van der Waals surface area (Å²) in [5.41, 5.74) is 0.989. The molecule has 4 nitrogen and oxygen atoms in total. The second-order valence-electron chi connectivity index (χ2n) is 6.21. The number of rotatable bonds is 6. The van der Waals surface area contributed by atoms with Gasteiger partial charge < -0.3 is 5.32 Å². The molecule has 3 N–H and O–H groups in total. The summed E-state index contributed by atoms with van der Waals surface area (Å²) >= 11 is 0. The molecule has 2 saturated carbocycles. The lowest BCUT2D eigenvalue weighted by Gasteiger charge is -2.23. The summed E-state index contributed by atoms with van der Waals surface area (Å²) < 4.78 is 22.8. The van der Waals surface area contributed by atoms with Gasteiger partial charge in [-0.2, -0.15) is 0 Å². The van der Waals surface area contributed by atoms with E-state index in [2.05, 4.69) is 12.2 Å². The van der Waals surface area contributed by atoms with Crippen molar-refractivity contribution in [1.29, 1.82) is 0 Å². The van der Waals surface area contributed by atoms with Gasteiger partial charge in [0.15, 0.2) is 0 Å². The first-order valence-corrected chi connectivity index (χ1v) is 8.88. The Bertz CT molecular complexity index is 580. The lowest BCUT2D eigenvalue weighted by atomic mass is 10.0. The standard InChI is InChI=1S/C15H22N2O2S/c1-10(17-15(11-5-6-11)12-7-8-12)13-3-2-4-14(9-13)20(16,18)19/h2-4,9-12,15,17H,5-8H2,1H3,(H2,16,18,19). The van der Waals surface area contributed by atoms with Crippen molar-refractivity contribution >= 4 is 10.0 Å². The zero-order valence-electron chi connectivity index (χ0n) is 11.7. The van der Waals surface area contributed by atoms with Crippen molar-refractivity contribution in [3.63, 3.8) is 0 Å². The second kappa shape index (κ2) is 5.13. The largest absolute Gasteiger partial charge is 0.307 e. The fraction of sp³-hybridized carbons (Fsp3) is 0.600. The minimum atomic E-state index is -3.62. The Kier molecular flexibility index (Phi) is 3.60. The van der Waals surface area contributed by atoms with E-state index in [0.717, 1.165) is 17.4 Å². The summed E-state index contributed by atoms with van der Waals surface area (Å²) in [5, 5.41) is 8.90. The number of hydrogen-bond acceptors (Lipinski definition) is 3. The van der Waals surface area contributed by atoms with Gasteiger partial charge in [-0.3, -0.25) is 0 Å². The maximum absolute atomic E-state index is 11.4. The quantitative estimate of drug-likeness (QED) is 0.844. The molecule has 0 heterocycles. The fourth-order valence-corrected chi connectivity index (χ4v) is 3.48. The van der Waals surface area contributed by atoms with Gasteiger partial charge in [-0.1, -0.05) is 12.1 Å². The van der Waals surface area contributed by atoms with Crippen LogP contribution in [0.4, 0.5) is 0 Å². The SMILES string of the molecule is CC(NC(C1CC1)C1CC1)c1cccc(S(N)(=O)=O)c1. The molecular formula is C15H22N2O2S. The highest BCUT2D eigenvalue weighted by Gasteiger charge is 2.41. The monoisotopic (exact) mass is 294 g/mol. The Hall–Kier alpha value is -0.910. The van der Waals surface area contributed by atoms with Crippen LogP contribution in [-0.4, -0.2) is 14.5 Å². The van der Waals surface area contributed by atoms with Crippen LogP contribution >= 0.6 is 0 Å². The zero-order valence-corrected chi connectivity index (χ0v) is 12.6. The predicted molar refractivity (Wildman–Crippen MR) is 78.6 cm³/mol. The van der Waals surface area contributed by atoms with Gasteiger partial charge >= 0.3 is 0 Å². The van der Waals surface area contributed by atoms with Crippen molar-refractivity contribution in [2.24, 2.45) is 17.0 Å². The smallest absolute Gasteiger partial charge is 0.238 e. The van der Waals surface area contributed by atoms with Gasteiger partial charge in [-0.05, 0) is 62.1 Å². The summed E-state index contributed by atoms with van der Waals surface area (Å²) in [4.78, 5) is 0.193. The van der Waals surface area contributed by atoms with Crippen molar-refractivity contribution < 1.29 is 8.42 Å². The Morgan fingerprint density at radius 3 is 2.30 bits per heavy atom. The number of nitrogens with two attached hydrogens (primary N) is 1. The van der Waals surface area contributed by atoms with Crippen LogP contribution in [0.5, 0.6) is 0 Å². The van der Waals surface area contributed by atoms with Gasteiger partial charge in [0.25, 0.3) is 0 Å². The zero-order chi connectivity index (χ0) is 14.3. The van der Waals surface area contributed by atoms with E-state index in [4.69, 9.17) is 5.14 Å². The van der Waals surface area contributed by atoms with Crippen molar-refractivity contribution in [3.05, 3.63) is 29.8 Å². The third-order valence-electron chi connectivity index (χ3n) is 4.39. The molecular weight excluding hydrogens is 272 g/mol. The van der Waals surface area contributed by atoms with Crippen molar-refractivity contribution in [2.45, 2.75) is 49.6 Å². The topological polar surface area (TPSA) is 72.2 Å². The van der Waals surface area contributed by atoms with Crippen molar-refractivity contribution in [3.8, 4) is 0 Å². The highest BCUT2D eigenvalue weighted by Crippen LogP contribution is 2.45. The van der Waals surface area contributed by atoms with Crippen LogP contribution < -0.4 is 10.5 Å². The van der Waals surface area contributed by atoms with Gasteiger partial charge in [0.05, 0.1) is 4.90 Å². The van der Waals surface area contributed by atoms with E-state index in [-0.39, 0.29) is 10.9 Å². The molecule has 1 atom stereocenters. The van der Waals surface area contributed by atoms with Gasteiger partial charge in [-0.25, -0.2) is 13.6 Å². The lowest BCUT2D eigenvalue weighted by molar-refractivity contribution is 0.377. The molecule has 110 valence electrons. The maximum atomic E-state index is 11.4. The lowest BCUT2D eigenvalue weighted by Crippen LogP contribution is -2.35. The molecule has 0 radical (unpaired) electrons. The van der Waals surface area contributed by atoms with E-state index in [9.17, 15) is 8.42 Å². The van der Waals surface area contributed by atoms with E-state index < -0.39 is 10.0 Å². The Morgan fingerprint density at radius 2 is 1.80 bits per heavy atom. The minimum Gasteiger partial charge on any atom is -0.307 e. The van der Waals surface area contributed by atoms with Gasteiger partial charge in [-0.15, -0.1) is 0 Å². The highest BCUT2D eigenvalue weighted by molar-refractivity contribution is 7.89. The number of hydrogen-bond donors (Lipinski definition) is 2. The Morgan fingerprint density at radius 1 is 1.20 bits per heavy atom. The van der Waals surface area contributed by atoms with Crippen LogP contribution in [0.15, 0.2) is 29.2 Å². The molecule has 5 heteroatoms. The average molecular weight is 294 g/mol. The molecule has 3 rings (SSSR count). The van der Waals surface area contributed by atoms with Crippen LogP contribution in [0.25, 0.3) is 0 Å². The number of benzene rings is 1. The number of sulfonamides is 1. The fourth-order valence-electron chi connectivity index (χ4n) is 2.91. The highest BCUT2D eigenvalue weighted by atomic mass is 32.2. The Labute approximate surface area is 120 Å². The number of nitrogens with one attached hydrogen (secondary N) is 1. The molecule has 2 fully saturated rings. The van der Waals surface area contributed by atoms with Crippen molar-refractivity contribution in [2.75, 3.05) is 0 Å². The molecule has 20 heavy (non-hydrogen) atoms. The molecule has 1 unspecified atom stereocenters. The van der Waals surface area contributed by atoms with E-state index in [1.807, 2.05) is 6.07 Å².